The Balaban J connectivity index is 2.97. The van der Waals surface area contributed by atoms with Crippen LogP contribution in [0.5, 0.6) is 0 Å². The van der Waals surface area contributed by atoms with Gasteiger partial charge in [-0.1, -0.05) is 13.8 Å². The van der Waals surface area contributed by atoms with Crippen molar-refractivity contribution in [3.63, 3.8) is 0 Å². The zero-order chi connectivity index (χ0) is 14.8. The van der Waals surface area contributed by atoms with Crippen molar-refractivity contribution in [2.75, 3.05) is 14.1 Å². The normalized spacial score (nSPS) is 13.6. The summed E-state index contributed by atoms with van der Waals surface area (Å²) in [7, 11) is -0.708. The highest BCUT2D eigenvalue weighted by Gasteiger charge is 2.24. The molecule has 1 aromatic rings. The van der Waals surface area contributed by atoms with E-state index in [0.29, 0.717) is 5.92 Å². The number of carbonyl (C=O) groups is 1. The third-order valence-corrected chi connectivity index (χ3v) is 4.51. The van der Waals surface area contributed by atoms with E-state index >= 15 is 0 Å². The molecule has 0 aliphatic heterocycles. The van der Waals surface area contributed by atoms with Gasteiger partial charge in [0.15, 0.2) is 5.76 Å². The molecule has 1 heterocycles. The highest BCUT2D eigenvalue weighted by molar-refractivity contribution is 7.89. The topological polar surface area (TPSA) is 79.6 Å². The molecule has 0 aliphatic carbocycles. The van der Waals surface area contributed by atoms with Crippen LogP contribution in [0.15, 0.2) is 21.6 Å². The van der Waals surface area contributed by atoms with Crippen molar-refractivity contribution < 1.29 is 17.6 Å². The molecule has 1 unspecified atom stereocenters. The summed E-state index contributed by atoms with van der Waals surface area (Å²) >= 11 is 0. The van der Waals surface area contributed by atoms with Gasteiger partial charge < -0.3 is 9.32 Å². The van der Waals surface area contributed by atoms with Gasteiger partial charge in [0.2, 0.25) is 5.09 Å². The minimum Gasteiger partial charge on any atom is -0.438 e. The standard InChI is InChI=1S/C12H20N2O4S/c1-8(2)9(3)14(5)12(15)10-6-7-11(18-10)19(16,17)13-4/h6-9,13H,1-5H3. The molecule has 7 heteroatoms. The first-order valence-corrected chi connectivity index (χ1v) is 7.49. The van der Waals surface area contributed by atoms with Gasteiger partial charge in [-0.25, -0.2) is 13.1 Å². The summed E-state index contributed by atoms with van der Waals surface area (Å²) in [6.45, 7) is 5.94. The lowest BCUT2D eigenvalue weighted by atomic mass is 10.1. The second kappa shape index (κ2) is 5.75. The Kier molecular flexibility index (Phi) is 4.75. The number of sulfonamides is 1. The van der Waals surface area contributed by atoms with E-state index < -0.39 is 10.0 Å². The molecule has 1 amide bonds. The van der Waals surface area contributed by atoms with Gasteiger partial charge in [-0.2, -0.15) is 0 Å². The number of furan rings is 1. The number of amides is 1. The smallest absolute Gasteiger partial charge is 0.289 e. The molecule has 0 spiro atoms. The summed E-state index contributed by atoms with van der Waals surface area (Å²) < 4.78 is 30.3. The summed E-state index contributed by atoms with van der Waals surface area (Å²) in [5, 5.41) is -0.260. The van der Waals surface area contributed by atoms with Crippen molar-refractivity contribution >= 4 is 15.9 Å². The quantitative estimate of drug-likeness (QED) is 0.885. The second-order valence-electron chi connectivity index (χ2n) is 4.73. The number of carbonyl (C=O) groups excluding carboxylic acids is 1. The molecule has 1 aromatic heterocycles. The molecule has 0 aliphatic rings. The van der Waals surface area contributed by atoms with Gasteiger partial charge in [-0.3, -0.25) is 4.79 Å². The van der Waals surface area contributed by atoms with Gasteiger partial charge in [0, 0.05) is 13.1 Å². The first kappa shape index (κ1) is 15.7. The van der Waals surface area contributed by atoms with Crippen molar-refractivity contribution in [3.8, 4) is 0 Å². The van der Waals surface area contributed by atoms with Crippen molar-refractivity contribution in [3.05, 3.63) is 17.9 Å². The highest BCUT2D eigenvalue weighted by Crippen LogP contribution is 2.17. The first-order chi connectivity index (χ1) is 8.70. The lowest BCUT2D eigenvalue weighted by Crippen LogP contribution is -2.38. The monoisotopic (exact) mass is 288 g/mol. The molecule has 0 bridgehead atoms. The summed E-state index contributed by atoms with van der Waals surface area (Å²) in [5.74, 6) is -0.0213. The van der Waals surface area contributed by atoms with Crippen LogP contribution in [0, 0.1) is 5.92 Å². The predicted molar refractivity (Wildman–Crippen MR) is 71.3 cm³/mol. The number of nitrogens with one attached hydrogen (secondary N) is 1. The van der Waals surface area contributed by atoms with E-state index in [1.165, 1.54) is 19.2 Å². The van der Waals surface area contributed by atoms with Crippen molar-refractivity contribution in [1.82, 2.24) is 9.62 Å². The fourth-order valence-corrected chi connectivity index (χ4v) is 2.13. The van der Waals surface area contributed by atoms with Crippen molar-refractivity contribution in [2.24, 2.45) is 5.92 Å². The lowest BCUT2D eigenvalue weighted by molar-refractivity contribution is 0.0669. The Bertz CT molecular complexity index is 548. The van der Waals surface area contributed by atoms with Gasteiger partial charge in [0.25, 0.3) is 15.9 Å². The molecule has 0 saturated heterocycles. The molecule has 1 atom stereocenters. The maximum absolute atomic E-state index is 12.1. The Morgan fingerprint density at radius 1 is 1.32 bits per heavy atom. The van der Waals surface area contributed by atoms with Crippen LogP contribution in [-0.2, 0) is 10.0 Å². The fourth-order valence-electron chi connectivity index (χ4n) is 1.49. The Labute approximate surface area is 113 Å². The van der Waals surface area contributed by atoms with E-state index in [4.69, 9.17) is 4.42 Å². The number of nitrogens with zero attached hydrogens (tertiary/aromatic N) is 1. The summed E-state index contributed by atoms with van der Waals surface area (Å²) in [6.07, 6.45) is 0. The summed E-state index contributed by atoms with van der Waals surface area (Å²) in [5.41, 5.74) is 0. The molecule has 0 aromatic carbocycles. The van der Waals surface area contributed by atoms with Crippen molar-refractivity contribution in [1.29, 1.82) is 0 Å². The minimum atomic E-state index is -3.66. The summed E-state index contributed by atoms with van der Waals surface area (Å²) in [6, 6.07) is 2.67. The van der Waals surface area contributed by atoms with E-state index in [1.54, 1.807) is 11.9 Å². The van der Waals surface area contributed by atoms with Crippen LogP contribution in [0.25, 0.3) is 0 Å². The molecular weight excluding hydrogens is 268 g/mol. The Hall–Kier alpha value is -1.34. The van der Waals surface area contributed by atoms with Gasteiger partial charge in [-0.15, -0.1) is 0 Å². The number of hydrogen-bond donors (Lipinski definition) is 1. The molecular formula is C12H20N2O4S. The Morgan fingerprint density at radius 3 is 2.37 bits per heavy atom. The third kappa shape index (κ3) is 3.36. The second-order valence-corrected chi connectivity index (χ2v) is 6.54. The predicted octanol–water partition coefficient (Wildman–Crippen LogP) is 1.30. The van der Waals surface area contributed by atoms with Gasteiger partial charge in [-0.05, 0) is 32.0 Å². The molecule has 1 rings (SSSR count). The van der Waals surface area contributed by atoms with E-state index in [-0.39, 0.29) is 22.8 Å². The average molecular weight is 288 g/mol. The zero-order valence-electron chi connectivity index (χ0n) is 11.8. The molecule has 1 N–H and O–H groups in total. The van der Waals surface area contributed by atoms with Crippen LogP contribution in [0.4, 0.5) is 0 Å². The molecule has 0 radical (unpaired) electrons. The maximum Gasteiger partial charge on any atom is 0.289 e. The van der Waals surface area contributed by atoms with Crippen LogP contribution < -0.4 is 4.72 Å². The fraction of sp³-hybridized carbons (Fsp3) is 0.583. The zero-order valence-corrected chi connectivity index (χ0v) is 12.6. The third-order valence-electron chi connectivity index (χ3n) is 3.22. The van der Waals surface area contributed by atoms with E-state index in [1.807, 2.05) is 20.8 Å². The molecule has 108 valence electrons. The minimum absolute atomic E-state index is 0.0174. The average Bonchev–Trinajstić information content (AvgIpc) is 2.86. The van der Waals surface area contributed by atoms with Crippen LogP contribution in [0.2, 0.25) is 0 Å². The van der Waals surface area contributed by atoms with Crippen LogP contribution >= 0.6 is 0 Å². The first-order valence-electron chi connectivity index (χ1n) is 6.01. The van der Waals surface area contributed by atoms with Crippen LogP contribution in [-0.4, -0.2) is 39.4 Å². The van der Waals surface area contributed by atoms with Gasteiger partial charge in [0.05, 0.1) is 0 Å². The Morgan fingerprint density at radius 2 is 1.89 bits per heavy atom. The van der Waals surface area contributed by atoms with Crippen LogP contribution in [0.3, 0.4) is 0 Å². The lowest BCUT2D eigenvalue weighted by Gasteiger charge is -2.27. The van der Waals surface area contributed by atoms with Gasteiger partial charge in [0.1, 0.15) is 0 Å². The molecule has 0 saturated carbocycles. The van der Waals surface area contributed by atoms with E-state index in [2.05, 4.69) is 4.72 Å². The van der Waals surface area contributed by atoms with Crippen molar-refractivity contribution in [2.45, 2.75) is 31.9 Å². The molecule has 6 nitrogen and oxygen atoms in total. The highest BCUT2D eigenvalue weighted by atomic mass is 32.2. The molecule has 19 heavy (non-hydrogen) atoms. The van der Waals surface area contributed by atoms with Gasteiger partial charge >= 0.3 is 0 Å². The maximum atomic E-state index is 12.1. The number of rotatable bonds is 5. The largest absolute Gasteiger partial charge is 0.438 e. The van der Waals surface area contributed by atoms with Crippen LogP contribution in [0.1, 0.15) is 31.3 Å². The number of hydrogen-bond acceptors (Lipinski definition) is 4. The molecule has 0 fully saturated rings. The summed E-state index contributed by atoms with van der Waals surface area (Å²) in [4.78, 5) is 13.7. The van der Waals surface area contributed by atoms with E-state index in [0.717, 1.165) is 0 Å². The SMILES string of the molecule is CNS(=O)(=O)c1ccc(C(=O)N(C)C(C)C(C)C)o1. The van der Waals surface area contributed by atoms with E-state index in [9.17, 15) is 13.2 Å².